The van der Waals surface area contributed by atoms with Crippen molar-refractivity contribution in [1.29, 1.82) is 0 Å². The number of hydrogen-bond acceptors (Lipinski definition) is 2. The average Bonchev–Trinajstić information content (AvgIpc) is 2.27. The average molecular weight is 218 g/mol. The predicted octanol–water partition coefficient (Wildman–Crippen LogP) is 3.09. The topological polar surface area (TPSA) is 15.3 Å². The normalized spacial score (nSPS) is 15.8. The molecule has 1 aliphatic heterocycles. The summed E-state index contributed by atoms with van der Waals surface area (Å²) < 4.78 is 0. The largest absolute Gasteiger partial charge is 0.356 e. The van der Waals surface area contributed by atoms with Crippen LogP contribution in [-0.2, 0) is 6.54 Å². The second-order valence-corrected chi connectivity index (χ2v) is 5.19. The summed E-state index contributed by atoms with van der Waals surface area (Å²) in [5.41, 5.74) is 4.27. The van der Waals surface area contributed by atoms with Crippen molar-refractivity contribution in [2.24, 2.45) is 0 Å². The number of anilines is 1. The van der Waals surface area contributed by atoms with Crippen molar-refractivity contribution in [3.63, 3.8) is 0 Å². The van der Waals surface area contributed by atoms with Crippen LogP contribution in [0, 0.1) is 0 Å². The Hall–Kier alpha value is -1.02. The second-order valence-electron chi connectivity index (χ2n) is 5.19. The highest BCUT2D eigenvalue weighted by Gasteiger charge is 2.19. The van der Waals surface area contributed by atoms with E-state index in [0.717, 1.165) is 13.2 Å². The van der Waals surface area contributed by atoms with E-state index in [4.69, 9.17) is 0 Å². The van der Waals surface area contributed by atoms with Crippen LogP contribution >= 0.6 is 0 Å². The fourth-order valence-electron chi connectivity index (χ4n) is 2.21. The maximum atomic E-state index is 3.45. The van der Waals surface area contributed by atoms with Gasteiger partial charge in [-0.05, 0) is 37.0 Å². The van der Waals surface area contributed by atoms with Crippen molar-refractivity contribution >= 4 is 5.69 Å². The number of benzene rings is 1. The van der Waals surface area contributed by atoms with Crippen LogP contribution in [0.5, 0.6) is 0 Å². The molecule has 0 spiro atoms. The van der Waals surface area contributed by atoms with Gasteiger partial charge in [-0.15, -0.1) is 0 Å². The van der Waals surface area contributed by atoms with Crippen LogP contribution in [0.3, 0.4) is 0 Å². The molecule has 1 aromatic carbocycles. The molecule has 0 unspecified atom stereocenters. The van der Waals surface area contributed by atoms with Crippen LogP contribution < -0.4 is 10.2 Å². The molecule has 1 aliphatic rings. The molecule has 2 heteroatoms. The summed E-state index contributed by atoms with van der Waals surface area (Å²) in [6.07, 6.45) is 0. The van der Waals surface area contributed by atoms with E-state index in [1.165, 1.54) is 16.8 Å². The van der Waals surface area contributed by atoms with Crippen molar-refractivity contribution in [2.45, 2.75) is 46.2 Å². The van der Waals surface area contributed by atoms with Gasteiger partial charge in [-0.2, -0.15) is 0 Å². The van der Waals surface area contributed by atoms with Crippen molar-refractivity contribution in [3.8, 4) is 0 Å². The van der Waals surface area contributed by atoms with Gasteiger partial charge in [0.1, 0.15) is 0 Å². The highest BCUT2D eigenvalue weighted by Crippen LogP contribution is 2.29. The zero-order valence-corrected chi connectivity index (χ0v) is 10.7. The Balaban J connectivity index is 2.40. The maximum absolute atomic E-state index is 3.45. The minimum Gasteiger partial charge on any atom is -0.356 e. The lowest BCUT2D eigenvalue weighted by Gasteiger charge is -2.35. The zero-order valence-electron chi connectivity index (χ0n) is 10.7. The molecule has 0 atom stereocenters. The van der Waals surface area contributed by atoms with Gasteiger partial charge < -0.3 is 4.90 Å². The fraction of sp³-hybridized carbons (Fsp3) is 0.571. The number of hydrogen-bond donors (Lipinski definition) is 1. The molecule has 88 valence electrons. The summed E-state index contributed by atoms with van der Waals surface area (Å²) in [4.78, 5) is 2.44. The Kier molecular flexibility index (Phi) is 3.20. The quantitative estimate of drug-likeness (QED) is 0.820. The Morgan fingerprint density at radius 3 is 2.56 bits per heavy atom. The first-order valence-electron chi connectivity index (χ1n) is 6.19. The van der Waals surface area contributed by atoms with Crippen LogP contribution in [0.1, 0.15) is 44.7 Å². The number of rotatable bonds is 2. The lowest BCUT2D eigenvalue weighted by Crippen LogP contribution is -2.43. The van der Waals surface area contributed by atoms with Gasteiger partial charge in [0, 0.05) is 18.3 Å². The molecule has 0 aliphatic carbocycles. The first-order chi connectivity index (χ1) is 7.59. The number of fused-ring (bicyclic) bond motifs is 1. The van der Waals surface area contributed by atoms with E-state index < -0.39 is 0 Å². The van der Waals surface area contributed by atoms with Crippen LogP contribution in [-0.4, -0.2) is 12.7 Å². The van der Waals surface area contributed by atoms with E-state index in [1.54, 1.807) is 0 Å². The van der Waals surface area contributed by atoms with Crippen LogP contribution in [0.2, 0.25) is 0 Å². The monoisotopic (exact) mass is 218 g/mol. The van der Waals surface area contributed by atoms with E-state index in [0.29, 0.717) is 12.0 Å². The van der Waals surface area contributed by atoms with Crippen molar-refractivity contribution in [2.75, 3.05) is 11.6 Å². The Morgan fingerprint density at radius 2 is 1.94 bits per heavy atom. The molecule has 0 fully saturated rings. The van der Waals surface area contributed by atoms with E-state index >= 15 is 0 Å². The highest BCUT2D eigenvalue weighted by atomic mass is 15.3. The van der Waals surface area contributed by atoms with Gasteiger partial charge in [0.15, 0.2) is 0 Å². The molecule has 0 bridgehead atoms. The van der Waals surface area contributed by atoms with Gasteiger partial charge in [-0.25, -0.2) is 0 Å². The van der Waals surface area contributed by atoms with E-state index in [2.05, 4.69) is 56.1 Å². The second kappa shape index (κ2) is 4.46. The SMILES string of the molecule is CC(C)c1ccc2c(c1)N(C(C)C)CNC2. The van der Waals surface area contributed by atoms with Gasteiger partial charge in [0.2, 0.25) is 0 Å². The van der Waals surface area contributed by atoms with Gasteiger partial charge in [-0.1, -0.05) is 26.0 Å². The van der Waals surface area contributed by atoms with Crippen LogP contribution in [0.25, 0.3) is 0 Å². The summed E-state index contributed by atoms with van der Waals surface area (Å²) >= 11 is 0. The van der Waals surface area contributed by atoms with Crippen LogP contribution in [0.4, 0.5) is 5.69 Å². The van der Waals surface area contributed by atoms with Gasteiger partial charge in [0.05, 0.1) is 6.67 Å². The molecule has 0 saturated heterocycles. The summed E-state index contributed by atoms with van der Waals surface area (Å²) in [6.45, 7) is 11.0. The summed E-state index contributed by atoms with van der Waals surface area (Å²) in [7, 11) is 0. The summed E-state index contributed by atoms with van der Waals surface area (Å²) in [6, 6.07) is 7.44. The minimum absolute atomic E-state index is 0.550. The minimum atomic E-state index is 0.550. The van der Waals surface area contributed by atoms with Crippen LogP contribution in [0.15, 0.2) is 18.2 Å². The third-order valence-corrected chi connectivity index (χ3v) is 3.31. The maximum Gasteiger partial charge on any atom is 0.0687 e. The highest BCUT2D eigenvalue weighted by molar-refractivity contribution is 5.57. The molecule has 1 heterocycles. The molecule has 0 amide bonds. The smallest absolute Gasteiger partial charge is 0.0687 e. The van der Waals surface area contributed by atoms with Crippen molar-refractivity contribution in [1.82, 2.24) is 5.32 Å². The van der Waals surface area contributed by atoms with E-state index in [9.17, 15) is 0 Å². The molecule has 0 radical (unpaired) electrons. The molecule has 1 aromatic rings. The van der Waals surface area contributed by atoms with Crippen molar-refractivity contribution in [3.05, 3.63) is 29.3 Å². The fourth-order valence-corrected chi connectivity index (χ4v) is 2.21. The molecular weight excluding hydrogens is 196 g/mol. The first kappa shape index (κ1) is 11.5. The Labute approximate surface area is 98.7 Å². The zero-order chi connectivity index (χ0) is 11.7. The molecule has 2 rings (SSSR count). The predicted molar refractivity (Wildman–Crippen MR) is 69.9 cm³/mol. The third-order valence-electron chi connectivity index (χ3n) is 3.31. The lowest BCUT2D eigenvalue weighted by atomic mass is 9.98. The first-order valence-corrected chi connectivity index (χ1v) is 6.19. The Bertz CT molecular complexity index is 369. The summed E-state index contributed by atoms with van der Waals surface area (Å²) in [5.74, 6) is 0.606. The van der Waals surface area contributed by atoms with Gasteiger partial charge in [-0.3, -0.25) is 5.32 Å². The summed E-state index contributed by atoms with van der Waals surface area (Å²) in [5, 5.41) is 3.45. The molecule has 2 nitrogen and oxygen atoms in total. The lowest BCUT2D eigenvalue weighted by molar-refractivity contribution is 0.568. The van der Waals surface area contributed by atoms with Gasteiger partial charge in [0.25, 0.3) is 0 Å². The van der Waals surface area contributed by atoms with E-state index in [-0.39, 0.29) is 0 Å². The number of nitrogens with one attached hydrogen (secondary N) is 1. The number of nitrogens with zero attached hydrogens (tertiary/aromatic N) is 1. The Morgan fingerprint density at radius 1 is 1.19 bits per heavy atom. The van der Waals surface area contributed by atoms with Crippen molar-refractivity contribution < 1.29 is 0 Å². The molecule has 0 aromatic heterocycles. The molecular formula is C14H22N2. The molecule has 1 N–H and O–H groups in total. The third kappa shape index (κ3) is 2.07. The molecule has 16 heavy (non-hydrogen) atoms. The van der Waals surface area contributed by atoms with Gasteiger partial charge >= 0.3 is 0 Å². The van der Waals surface area contributed by atoms with E-state index in [1.807, 2.05) is 0 Å². The molecule has 0 saturated carbocycles. The standard InChI is InChI=1S/C14H22N2/c1-10(2)12-5-6-13-8-15-9-16(11(3)4)14(13)7-12/h5-7,10-11,15H,8-9H2,1-4H3.